The highest BCUT2D eigenvalue weighted by atomic mass is 16.5. The van der Waals surface area contributed by atoms with Gasteiger partial charge < -0.3 is 20.3 Å². The summed E-state index contributed by atoms with van der Waals surface area (Å²) in [5.41, 5.74) is 1.57. The number of nitrogens with zero attached hydrogens (tertiary/aromatic N) is 1. The van der Waals surface area contributed by atoms with Gasteiger partial charge in [0.1, 0.15) is 5.75 Å². The third-order valence-electron chi connectivity index (χ3n) is 3.84. The smallest absolute Gasteiger partial charge is 0.313 e. The maximum absolute atomic E-state index is 12.1. The van der Waals surface area contributed by atoms with Gasteiger partial charge in [0.25, 0.3) is 0 Å². The summed E-state index contributed by atoms with van der Waals surface area (Å²) in [6.07, 6.45) is 1.88. The number of amides is 2. The van der Waals surface area contributed by atoms with E-state index < -0.39 is 11.8 Å². The van der Waals surface area contributed by atoms with Crippen molar-refractivity contribution in [3.8, 4) is 5.75 Å². The molecule has 0 saturated carbocycles. The Bertz CT molecular complexity index is 612. The number of carbonyl (C=O) groups is 2. The Labute approximate surface area is 143 Å². The second-order valence-corrected chi connectivity index (χ2v) is 7.31. The number of hydrogen-bond donors (Lipinski definition) is 2. The zero-order chi connectivity index (χ0) is 17.7. The molecule has 2 N–H and O–H groups in total. The van der Waals surface area contributed by atoms with Gasteiger partial charge in [-0.1, -0.05) is 13.8 Å². The number of nitrogens with one attached hydrogen (secondary N) is 2. The number of benzene rings is 1. The number of ether oxygens (including phenoxy) is 1. The normalized spacial score (nSPS) is 13.9. The maximum atomic E-state index is 12.1. The number of fused-ring (bicyclic) bond motifs is 1. The Morgan fingerprint density at radius 2 is 2.00 bits per heavy atom. The minimum atomic E-state index is -0.646. The van der Waals surface area contributed by atoms with Crippen molar-refractivity contribution in [2.24, 2.45) is 5.41 Å². The van der Waals surface area contributed by atoms with Crippen LogP contribution in [-0.4, -0.2) is 50.5 Å². The fraction of sp³-hybridized carbons (Fsp3) is 0.556. The molecule has 0 unspecified atom stereocenters. The van der Waals surface area contributed by atoms with Gasteiger partial charge in [-0.15, -0.1) is 0 Å². The van der Waals surface area contributed by atoms with E-state index in [0.29, 0.717) is 12.2 Å². The molecule has 1 aliphatic heterocycles. The first kappa shape index (κ1) is 18.3. The van der Waals surface area contributed by atoms with E-state index in [1.807, 2.05) is 26.2 Å². The SMILES string of the molecule is CN(C)CC(C)(C)CNC(=O)C(=O)Nc1ccc2c(c1)CCCO2. The van der Waals surface area contributed by atoms with Crippen LogP contribution in [0.4, 0.5) is 5.69 Å². The van der Waals surface area contributed by atoms with Gasteiger partial charge in [-0.2, -0.15) is 0 Å². The van der Waals surface area contributed by atoms with Gasteiger partial charge in [-0.05, 0) is 56.1 Å². The van der Waals surface area contributed by atoms with E-state index >= 15 is 0 Å². The molecule has 1 aromatic rings. The fourth-order valence-electron chi connectivity index (χ4n) is 2.94. The lowest BCUT2D eigenvalue weighted by molar-refractivity contribution is -0.136. The molecule has 2 amide bonds. The van der Waals surface area contributed by atoms with Crippen LogP contribution in [-0.2, 0) is 16.0 Å². The van der Waals surface area contributed by atoms with Gasteiger partial charge in [0.05, 0.1) is 6.61 Å². The number of aryl methyl sites for hydroxylation is 1. The molecule has 0 bridgehead atoms. The summed E-state index contributed by atoms with van der Waals surface area (Å²) in [5.74, 6) is -0.405. The molecule has 1 aliphatic rings. The second kappa shape index (κ2) is 7.66. The highest BCUT2D eigenvalue weighted by Crippen LogP contribution is 2.27. The Hall–Kier alpha value is -2.08. The van der Waals surface area contributed by atoms with Crippen LogP contribution in [0.25, 0.3) is 0 Å². The maximum Gasteiger partial charge on any atom is 0.313 e. The molecule has 0 aliphatic carbocycles. The summed E-state index contributed by atoms with van der Waals surface area (Å²) in [4.78, 5) is 26.1. The van der Waals surface area contributed by atoms with E-state index in [-0.39, 0.29) is 5.41 Å². The Morgan fingerprint density at radius 3 is 2.71 bits per heavy atom. The van der Waals surface area contributed by atoms with Gasteiger partial charge in [-0.3, -0.25) is 9.59 Å². The van der Waals surface area contributed by atoms with Crippen LogP contribution in [0, 0.1) is 5.41 Å². The average molecular weight is 333 g/mol. The number of carbonyl (C=O) groups excluding carboxylic acids is 2. The van der Waals surface area contributed by atoms with Crippen LogP contribution in [0.5, 0.6) is 5.75 Å². The van der Waals surface area contributed by atoms with E-state index in [0.717, 1.165) is 37.3 Å². The van der Waals surface area contributed by atoms with Gasteiger partial charge >= 0.3 is 11.8 Å². The topological polar surface area (TPSA) is 70.7 Å². The highest BCUT2D eigenvalue weighted by Gasteiger charge is 2.22. The first-order valence-corrected chi connectivity index (χ1v) is 8.26. The largest absolute Gasteiger partial charge is 0.493 e. The molecular formula is C18H27N3O3. The van der Waals surface area contributed by atoms with Gasteiger partial charge in [-0.25, -0.2) is 0 Å². The lowest BCUT2D eigenvalue weighted by atomic mass is 9.93. The molecule has 24 heavy (non-hydrogen) atoms. The lowest BCUT2D eigenvalue weighted by Gasteiger charge is -2.28. The molecule has 0 spiro atoms. The predicted molar refractivity (Wildman–Crippen MR) is 94.2 cm³/mol. The number of rotatable bonds is 5. The molecule has 0 radical (unpaired) electrons. The van der Waals surface area contributed by atoms with Crippen LogP contribution in [0.2, 0.25) is 0 Å². The quantitative estimate of drug-likeness (QED) is 0.804. The van der Waals surface area contributed by atoms with Crippen LogP contribution in [0.3, 0.4) is 0 Å². The monoisotopic (exact) mass is 333 g/mol. The summed E-state index contributed by atoms with van der Waals surface area (Å²) in [6.45, 7) is 6.09. The standard InChI is InChI=1S/C18H27N3O3/c1-18(2,12-21(3)4)11-19-16(22)17(23)20-14-7-8-15-13(10-14)6-5-9-24-15/h7-8,10H,5-6,9,11-12H2,1-4H3,(H,19,22)(H,20,23). The third kappa shape index (κ3) is 5.23. The Kier molecular flexibility index (Phi) is 5.83. The summed E-state index contributed by atoms with van der Waals surface area (Å²) in [5, 5.41) is 5.36. The van der Waals surface area contributed by atoms with Crippen LogP contribution in [0.15, 0.2) is 18.2 Å². The molecule has 6 heteroatoms. The molecular weight excluding hydrogens is 306 g/mol. The van der Waals surface area contributed by atoms with Crippen molar-refractivity contribution in [3.05, 3.63) is 23.8 Å². The highest BCUT2D eigenvalue weighted by molar-refractivity contribution is 6.39. The zero-order valence-corrected chi connectivity index (χ0v) is 14.9. The molecule has 132 valence electrons. The minimum Gasteiger partial charge on any atom is -0.493 e. The van der Waals surface area contributed by atoms with Crippen molar-refractivity contribution in [1.82, 2.24) is 10.2 Å². The molecule has 0 aromatic heterocycles. The summed E-state index contributed by atoms with van der Waals surface area (Å²) in [7, 11) is 3.96. The van der Waals surface area contributed by atoms with E-state index in [1.165, 1.54) is 0 Å². The van der Waals surface area contributed by atoms with Gasteiger partial charge in [0.15, 0.2) is 0 Å². The van der Waals surface area contributed by atoms with E-state index in [9.17, 15) is 9.59 Å². The van der Waals surface area contributed by atoms with Crippen molar-refractivity contribution in [3.63, 3.8) is 0 Å². The summed E-state index contributed by atoms with van der Waals surface area (Å²) >= 11 is 0. The molecule has 0 atom stereocenters. The third-order valence-corrected chi connectivity index (χ3v) is 3.84. The molecule has 2 rings (SSSR count). The predicted octanol–water partition coefficient (Wildman–Crippen LogP) is 1.65. The Morgan fingerprint density at radius 1 is 1.25 bits per heavy atom. The van der Waals surface area contributed by atoms with E-state index in [4.69, 9.17) is 4.74 Å². The van der Waals surface area contributed by atoms with Crippen molar-refractivity contribution >= 4 is 17.5 Å². The second-order valence-electron chi connectivity index (χ2n) is 7.31. The van der Waals surface area contributed by atoms with Crippen LogP contribution >= 0.6 is 0 Å². The summed E-state index contributed by atoms with van der Waals surface area (Å²) in [6, 6.07) is 5.46. The van der Waals surface area contributed by atoms with Crippen molar-refractivity contribution in [2.45, 2.75) is 26.7 Å². The molecule has 1 heterocycles. The minimum absolute atomic E-state index is 0.109. The first-order valence-electron chi connectivity index (χ1n) is 8.26. The van der Waals surface area contributed by atoms with Crippen molar-refractivity contribution in [1.29, 1.82) is 0 Å². The van der Waals surface area contributed by atoms with Crippen LogP contribution < -0.4 is 15.4 Å². The number of anilines is 1. The molecule has 1 aromatic carbocycles. The summed E-state index contributed by atoms with van der Waals surface area (Å²) < 4.78 is 5.54. The van der Waals surface area contributed by atoms with E-state index in [1.54, 1.807) is 6.07 Å². The zero-order valence-electron chi connectivity index (χ0n) is 14.9. The molecule has 6 nitrogen and oxygen atoms in total. The van der Waals surface area contributed by atoms with E-state index in [2.05, 4.69) is 29.4 Å². The van der Waals surface area contributed by atoms with Crippen LogP contribution in [0.1, 0.15) is 25.8 Å². The first-order chi connectivity index (χ1) is 11.3. The van der Waals surface area contributed by atoms with Crippen molar-refractivity contribution in [2.75, 3.05) is 39.1 Å². The van der Waals surface area contributed by atoms with Crippen molar-refractivity contribution < 1.29 is 14.3 Å². The molecule has 0 fully saturated rings. The molecule has 0 saturated heterocycles. The number of hydrogen-bond acceptors (Lipinski definition) is 4. The lowest BCUT2D eigenvalue weighted by Crippen LogP contribution is -2.43. The average Bonchev–Trinajstić information content (AvgIpc) is 2.51. The Balaban J connectivity index is 1.89. The fourth-order valence-corrected chi connectivity index (χ4v) is 2.94. The van der Waals surface area contributed by atoms with Gasteiger partial charge in [0.2, 0.25) is 0 Å². The van der Waals surface area contributed by atoms with Gasteiger partial charge in [0, 0.05) is 18.8 Å².